The Morgan fingerprint density at radius 1 is 1.25 bits per heavy atom. The number of hydrogen-bond acceptors (Lipinski definition) is 3. The highest BCUT2D eigenvalue weighted by Crippen LogP contribution is 2.35. The van der Waals surface area contributed by atoms with Gasteiger partial charge >= 0.3 is 0 Å². The van der Waals surface area contributed by atoms with E-state index < -0.39 is 0 Å². The summed E-state index contributed by atoms with van der Waals surface area (Å²) in [6.07, 6.45) is 0.820. The van der Waals surface area contributed by atoms with Gasteiger partial charge in [0.05, 0.1) is 0 Å². The van der Waals surface area contributed by atoms with E-state index in [0.717, 1.165) is 6.42 Å². The first-order valence-corrected chi connectivity index (χ1v) is 6.66. The minimum Gasteiger partial charge on any atom is -0.396 e. The quantitative estimate of drug-likeness (QED) is 0.802. The largest absolute Gasteiger partial charge is 0.396 e. The average molecular weight is 239 g/mol. The number of hydrogen-bond donors (Lipinski definition) is 2. The molecule has 0 fully saturated rings. The lowest BCUT2D eigenvalue weighted by Gasteiger charge is -2.24. The molecule has 90 valence electrons. The highest BCUT2D eigenvalue weighted by Gasteiger charge is 2.19. The Hall–Kier alpha value is -0.510. The van der Waals surface area contributed by atoms with Gasteiger partial charge in [0.25, 0.3) is 0 Å². The lowest BCUT2D eigenvalue weighted by molar-refractivity contribution is 0.288. The van der Waals surface area contributed by atoms with Crippen LogP contribution in [0, 0.1) is 0 Å². The van der Waals surface area contributed by atoms with Gasteiger partial charge in [0.2, 0.25) is 0 Å². The first-order valence-electron chi connectivity index (χ1n) is 5.72. The fraction of sp³-hybridized carbons (Fsp3) is 0.538. The molecular weight excluding hydrogens is 218 g/mol. The fourth-order valence-electron chi connectivity index (χ4n) is 1.65. The molecule has 0 radical (unpaired) electrons. The number of aliphatic hydroxyl groups is 1. The summed E-state index contributed by atoms with van der Waals surface area (Å²) in [4.78, 5) is 0. The van der Waals surface area contributed by atoms with E-state index >= 15 is 0 Å². The van der Waals surface area contributed by atoms with Crippen molar-refractivity contribution in [3.8, 4) is 0 Å². The summed E-state index contributed by atoms with van der Waals surface area (Å²) in [5.41, 5.74) is 7.30. The molecule has 0 aliphatic carbocycles. The van der Waals surface area contributed by atoms with Crippen LogP contribution in [0.1, 0.15) is 31.1 Å². The molecule has 16 heavy (non-hydrogen) atoms. The van der Waals surface area contributed by atoms with Crippen LogP contribution in [0.15, 0.2) is 30.3 Å². The van der Waals surface area contributed by atoms with Crippen LogP contribution in [0.4, 0.5) is 0 Å². The summed E-state index contributed by atoms with van der Waals surface area (Å²) in [5.74, 6) is 0. The number of aliphatic hydroxyl groups excluding tert-OH is 1. The summed E-state index contributed by atoms with van der Waals surface area (Å²) in [6.45, 7) is 4.42. The third-order valence-electron chi connectivity index (χ3n) is 2.52. The molecule has 0 aliphatic rings. The zero-order valence-electron chi connectivity index (χ0n) is 9.97. The SMILES string of the molecule is CC(CCO)SC(c1ccccc1)C(C)N. The lowest BCUT2D eigenvalue weighted by Crippen LogP contribution is -2.24. The smallest absolute Gasteiger partial charge is 0.0448 e. The number of benzene rings is 1. The summed E-state index contributed by atoms with van der Waals surface area (Å²) in [7, 11) is 0. The molecule has 0 saturated heterocycles. The van der Waals surface area contributed by atoms with Crippen molar-refractivity contribution in [1.82, 2.24) is 0 Å². The molecule has 3 heteroatoms. The molecule has 1 rings (SSSR count). The standard InChI is InChI=1S/C13H21NOS/c1-10(8-9-15)16-13(11(2)14)12-6-4-3-5-7-12/h3-7,10-11,13,15H,8-9,14H2,1-2H3. The number of nitrogens with two attached hydrogens (primary N) is 1. The van der Waals surface area contributed by atoms with Crippen LogP contribution in [0.5, 0.6) is 0 Å². The van der Waals surface area contributed by atoms with Gasteiger partial charge in [-0.25, -0.2) is 0 Å². The van der Waals surface area contributed by atoms with Crippen molar-refractivity contribution < 1.29 is 5.11 Å². The third-order valence-corrected chi connectivity index (χ3v) is 4.22. The summed E-state index contributed by atoms with van der Waals surface area (Å²) >= 11 is 1.85. The second-order valence-electron chi connectivity index (χ2n) is 4.15. The van der Waals surface area contributed by atoms with Crippen molar-refractivity contribution in [2.45, 2.75) is 36.8 Å². The Morgan fingerprint density at radius 3 is 2.38 bits per heavy atom. The Labute approximate surface area is 102 Å². The van der Waals surface area contributed by atoms with E-state index in [-0.39, 0.29) is 12.6 Å². The number of thioether (sulfide) groups is 1. The Kier molecular flexibility index (Phi) is 5.88. The van der Waals surface area contributed by atoms with Crippen LogP contribution < -0.4 is 5.73 Å². The molecule has 3 unspecified atom stereocenters. The second kappa shape index (κ2) is 6.94. The zero-order chi connectivity index (χ0) is 12.0. The van der Waals surface area contributed by atoms with Crippen LogP contribution in [-0.2, 0) is 0 Å². The molecule has 0 heterocycles. The van der Waals surface area contributed by atoms with Gasteiger partial charge in [-0.05, 0) is 18.9 Å². The fourth-order valence-corrected chi connectivity index (χ4v) is 2.95. The summed E-state index contributed by atoms with van der Waals surface area (Å²) in [6, 6.07) is 10.5. The average Bonchev–Trinajstić information content (AvgIpc) is 2.27. The summed E-state index contributed by atoms with van der Waals surface area (Å²) in [5, 5.41) is 9.65. The topological polar surface area (TPSA) is 46.2 Å². The molecule has 0 saturated carbocycles. The molecule has 1 aromatic rings. The Bertz CT molecular complexity index is 289. The Morgan fingerprint density at radius 2 is 1.88 bits per heavy atom. The van der Waals surface area contributed by atoms with Crippen LogP contribution in [-0.4, -0.2) is 23.0 Å². The molecule has 0 amide bonds. The van der Waals surface area contributed by atoms with E-state index in [4.69, 9.17) is 10.8 Å². The van der Waals surface area contributed by atoms with Crippen molar-refractivity contribution in [3.05, 3.63) is 35.9 Å². The highest BCUT2D eigenvalue weighted by molar-refractivity contribution is 8.00. The third kappa shape index (κ3) is 4.16. The maximum Gasteiger partial charge on any atom is 0.0448 e. The van der Waals surface area contributed by atoms with Gasteiger partial charge in [0.15, 0.2) is 0 Å². The van der Waals surface area contributed by atoms with E-state index in [0.29, 0.717) is 10.5 Å². The molecule has 2 nitrogen and oxygen atoms in total. The first-order chi connectivity index (χ1) is 7.65. The van der Waals surface area contributed by atoms with Gasteiger partial charge in [-0.15, -0.1) is 11.8 Å². The van der Waals surface area contributed by atoms with Crippen LogP contribution >= 0.6 is 11.8 Å². The molecule has 3 atom stereocenters. The predicted molar refractivity (Wildman–Crippen MR) is 71.6 cm³/mol. The zero-order valence-corrected chi connectivity index (χ0v) is 10.8. The van der Waals surface area contributed by atoms with Crippen LogP contribution in [0.3, 0.4) is 0 Å². The van der Waals surface area contributed by atoms with Gasteiger partial charge in [-0.1, -0.05) is 37.3 Å². The molecule has 1 aromatic carbocycles. The van der Waals surface area contributed by atoms with Crippen LogP contribution in [0.25, 0.3) is 0 Å². The van der Waals surface area contributed by atoms with E-state index in [1.54, 1.807) is 0 Å². The van der Waals surface area contributed by atoms with E-state index in [1.165, 1.54) is 5.56 Å². The first kappa shape index (κ1) is 13.6. The van der Waals surface area contributed by atoms with Crippen molar-refractivity contribution >= 4 is 11.8 Å². The molecule has 3 N–H and O–H groups in total. The Balaban J connectivity index is 2.69. The molecular formula is C13H21NOS. The monoisotopic (exact) mass is 239 g/mol. The lowest BCUT2D eigenvalue weighted by atomic mass is 10.1. The molecule has 0 spiro atoms. The van der Waals surface area contributed by atoms with Crippen LogP contribution in [0.2, 0.25) is 0 Å². The minimum absolute atomic E-state index is 0.119. The number of rotatable bonds is 6. The summed E-state index contributed by atoms with van der Waals surface area (Å²) < 4.78 is 0. The maximum atomic E-state index is 8.91. The normalized spacial score (nSPS) is 16.8. The minimum atomic E-state index is 0.119. The molecule has 0 bridgehead atoms. The van der Waals surface area contributed by atoms with Gasteiger partial charge in [0.1, 0.15) is 0 Å². The van der Waals surface area contributed by atoms with E-state index in [9.17, 15) is 0 Å². The molecule has 0 aliphatic heterocycles. The molecule has 0 aromatic heterocycles. The van der Waals surface area contributed by atoms with Crippen molar-refractivity contribution in [2.75, 3.05) is 6.61 Å². The van der Waals surface area contributed by atoms with Gasteiger partial charge in [-0.2, -0.15) is 0 Å². The van der Waals surface area contributed by atoms with Crippen molar-refractivity contribution in [1.29, 1.82) is 0 Å². The van der Waals surface area contributed by atoms with Crippen molar-refractivity contribution in [3.63, 3.8) is 0 Å². The van der Waals surface area contributed by atoms with Gasteiger partial charge < -0.3 is 10.8 Å². The second-order valence-corrected chi connectivity index (χ2v) is 5.73. The highest BCUT2D eigenvalue weighted by atomic mass is 32.2. The maximum absolute atomic E-state index is 8.91. The van der Waals surface area contributed by atoms with E-state index in [1.807, 2.05) is 36.9 Å². The van der Waals surface area contributed by atoms with Gasteiger partial charge in [-0.3, -0.25) is 0 Å². The van der Waals surface area contributed by atoms with Gasteiger partial charge in [0, 0.05) is 23.1 Å². The van der Waals surface area contributed by atoms with Crippen molar-refractivity contribution in [2.24, 2.45) is 5.73 Å². The van der Waals surface area contributed by atoms with E-state index in [2.05, 4.69) is 19.1 Å². The predicted octanol–water partition coefficient (Wildman–Crippen LogP) is 2.58.